The Morgan fingerprint density at radius 1 is 1.47 bits per heavy atom. The van der Waals surface area contributed by atoms with E-state index in [9.17, 15) is 4.79 Å². The predicted octanol–water partition coefficient (Wildman–Crippen LogP) is 2.97. The molecular weight excluding hydrogens is 266 g/mol. The van der Waals surface area contributed by atoms with Gasteiger partial charge in [0.25, 0.3) is 0 Å². The van der Waals surface area contributed by atoms with Crippen molar-refractivity contribution in [2.24, 2.45) is 5.92 Å². The van der Waals surface area contributed by atoms with Crippen LogP contribution in [0.1, 0.15) is 23.2 Å². The summed E-state index contributed by atoms with van der Waals surface area (Å²) in [5, 5.41) is 3.74. The third-order valence-electron chi connectivity index (χ3n) is 3.31. The highest BCUT2D eigenvalue weighted by atomic mass is 35.5. The Kier molecular flexibility index (Phi) is 5.05. The summed E-state index contributed by atoms with van der Waals surface area (Å²) in [5.41, 5.74) is 1.28. The molecule has 0 radical (unpaired) electrons. The van der Waals surface area contributed by atoms with Gasteiger partial charge in [0.15, 0.2) is 0 Å². The second-order valence-electron chi connectivity index (χ2n) is 4.62. The van der Waals surface area contributed by atoms with Crippen LogP contribution >= 0.6 is 11.6 Å². The zero-order valence-corrected chi connectivity index (χ0v) is 11.7. The van der Waals surface area contributed by atoms with Gasteiger partial charge in [-0.05, 0) is 37.0 Å². The first-order chi connectivity index (χ1) is 9.20. The lowest BCUT2D eigenvalue weighted by atomic mass is 10.0. The van der Waals surface area contributed by atoms with Crippen LogP contribution in [-0.4, -0.2) is 32.8 Å². The molecule has 0 aromatic heterocycles. The Morgan fingerprint density at radius 2 is 2.21 bits per heavy atom. The number of carbonyl (C=O) groups excluding carboxylic acids is 1. The predicted molar refractivity (Wildman–Crippen MR) is 74.8 cm³/mol. The largest absolute Gasteiger partial charge is 0.465 e. The molecular formula is C14H18ClNO3. The lowest BCUT2D eigenvalue weighted by molar-refractivity contribution is 0.0601. The van der Waals surface area contributed by atoms with Crippen molar-refractivity contribution in [1.29, 1.82) is 0 Å². The maximum Gasteiger partial charge on any atom is 0.339 e. The van der Waals surface area contributed by atoms with Gasteiger partial charge in [-0.1, -0.05) is 11.6 Å². The average Bonchev–Trinajstić information content (AvgIpc) is 2.46. The zero-order valence-electron chi connectivity index (χ0n) is 10.9. The minimum absolute atomic E-state index is 0.390. The van der Waals surface area contributed by atoms with E-state index in [1.807, 2.05) is 6.07 Å². The quantitative estimate of drug-likeness (QED) is 0.863. The molecule has 1 heterocycles. The first kappa shape index (κ1) is 14.2. The fraction of sp³-hybridized carbons (Fsp3) is 0.500. The van der Waals surface area contributed by atoms with Gasteiger partial charge in [-0.15, -0.1) is 0 Å². The van der Waals surface area contributed by atoms with Gasteiger partial charge in [0, 0.05) is 25.4 Å². The van der Waals surface area contributed by atoms with Crippen molar-refractivity contribution in [2.75, 3.05) is 32.2 Å². The van der Waals surface area contributed by atoms with Gasteiger partial charge in [0.2, 0.25) is 0 Å². The Bertz CT molecular complexity index is 444. The molecule has 2 rings (SSSR count). The van der Waals surface area contributed by atoms with E-state index in [1.54, 1.807) is 12.1 Å². The van der Waals surface area contributed by atoms with Gasteiger partial charge in [-0.2, -0.15) is 0 Å². The molecule has 0 saturated carbocycles. The molecule has 19 heavy (non-hydrogen) atoms. The van der Waals surface area contributed by atoms with Gasteiger partial charge in [-0.25, -0.2) is 4.79 Å². The molecule has 1 aliphatic rings. The number of carbonyl (C=O) groups is 1. The number of hydrogen-bond acceptors (Lipinski definition) is 4. The molecule has 0 spiro atoms. The normalized spacial score (nSPS) is 16.1. The molecule has 1 N–H and O–H groups in total. The van der Waals surface area contributed by atoms with Crippen molar-refractivity contribution < 1.29 is 14.3 Å². The molecule has 5 heteroatoms. The second-order valence-corrected chi connectivity index (χ2v) is 5.03. The van der Waals surface area contributed by atoms with Crippen molar-refractivity contribution in [2.45, 2.75) is 12.8 Å². The highest BCUT2D eigenvalue weighted by Crippen LogP contribution is 2.22. The van der Waals surface area contributed by atoms with Gasteiger partial charge in [-0.3, -0.25) is 0 Å². The van der Waals surface area contributed by atoms with E-state index in [0.29, 0.717) is 16.5 Å². The fourth-order valence-corrected chi connectivity index (χ4v) is 2.31. The smallest absolute Gasteiger partial charge is 0.339 e. The van der Waals surface area contributed by atoms with Gasteiger partial charge < -0.3 is 14.8 Å². The molecule has 0 bridgehead atoms. The van der Waals surface area contributed by atoms with Crippen LogP contribution in [0.4, 0.5) is 5.69 Å². The van der Waals surface area contributed by atoms with Crippen molar-refractivity contribution in [3.63, 3.8) is 0 Å². The molecule has 0 amide bonds. The van der Waals surface area contributed by atoms with Gasteiger partial charge >= 0.3 is 5.97 Å². The average molecular weight is 284 g/mol. The van der Waals surface area contributed by atoms with Crippen LogP contribution in [-0.2, 0) is 9.47 Å². The van der Waals surface area contributed by atoms with E-state index in [4.69, 9.17) is 21.1 Å². The molecule has 1 fully saturated rings. The third kappa shape index (κ3) is 3.85. The van der Waals surface area contributed by atoms with Crippen LogP contribution in [0.15, 0.2) is 18.2 Å². The number of anilines is 1. The summed E-state index contributed by atoms with van der Waals surface area (Å²) >= 11 is 5.97. The van der Waals surface area contributed by atoms with E-state index in [0.717, 1.165) is 38.3 Å². The van der Waals surface area contributed by atoms with E-state index in [1.165, 1.54) is 7.11 Å². The van der Waals surface area contributed by atoms with Crippen LogP contribution in [0.2, 0.25) is 5.02 Å². The number of methoxy groups -OCH3 is 1. The molecule has 0 unspecified atom stereocenters. The van der Waals surface area contributed by atoms with E-state index in [-0.39, 0.29) is 0 Å². The molecule has 1 saturated heterocycles. The molecule has 1 aromatic rings. The standard InChI is InChI=1S/C14H18ClNO3/c1-18-14(17)12-8-11(2-3-13(12)15)16-9-10-4-6-19-7-5-10/h2-3,8,10,16H,4-7,9H2,1H3. The maximum absolute atomic E-state index is 11.5. The van der Waals surface area contributed by atoms with Crippen molar-refractivity contribution in [3.05, 3.63) is 28.8 Å². The van der Waals surface area contributed by atoms with Crippen LogP contribution in [0.25, 0.3) is 0 Å². The van der Waals surface area contributed by atoms with Crippen LogP contribution in [0, 0.1) is 5.92 Å². The van der Waals surface area contributed by atoms with Crippen LogP contribution < -0.4 is 5.32 Å². The third-order valence-corrected chi connectivity index (χ3v) is 3.64. The summed E-state index contributed by atoms with van der Waals surface area (Å²) in [6.07, 6.45) is 2.15. The Labute approximate surface area is 118 Å². The number of nitrogens with one attached hydrogen (secondary N) is 1. The lowest BCUT2D eigenvalue weighted by Crippen LogP contribution is -2.22. The molecule has 0 atom stereocenters. The van der Waals surface area contributed by atoms with E-state index >= 15 is 0 Å². The summed E-state index contributed by atoms with van der Waals surface area (Å²) < 4.78 is 10.0. The van der Waals surface area contributed by atoms with Crippen molar-refractivity contribution in [1.82, 2.24) is 0 Å². The minimum Gasteiger partial charge on any atom is -0.465 e. The van der Waals surface area contributed by atoms with Crippen LogP contribution in [0.5, 0.6) is 0 Å². The SMILES string of the molecule is COC(=O)c1cc(NCC2CCOCC2)ccc1Cl. The van der Waals surface area contributed by atoms with E-state index in [2.05, 4.69) is 5.32 Å². The summed E-state index contributed by atoms with van der Waals surface area (Å²) in [7, 11) is 1.35. The molecule has 1 aliphatic heterocycles. The number of rotatable bonds is 4. The summed E-state index contributed by atoms with van der Waals surface area (Å²) in [6.45, 7) is 2.55. The van der Waals surface area contributed by atoms with Crippen molar-refractivity contribution in [3.8, 4) is 0 Å². The van der Waals surface area contributed by atoms with Crippen LogP contribution in [0.3, 0.4) is 0 Å². The fourth-order valence-electron chi connectivity index (χ4n) is 2.11. The Morgan fingerprint density at radius 3 is 2.89 bits per heavy atom. The minimum atomic E-state index is -0.417. The topological polar surface area (TPSA) is 47.6 Å². The second kappa shape index (κ2) is 6.78. The summed E-state index contributed by atoms with van der Waals surface area (Å²) in [6, 6.07) is 5.31. The number of hydrogen-bond donors (Lipinski definition) is 1. The highest BCUT2D eigenvalue weighted by molar-refractivity contribution is 6.33. The molecule has 0 aliphatic carbocycles. The molecule has 1 aromatic carbocycles. The Balaban J connectivity index is 1.98. The number of benzene rings is 1. The maximum atomic E-state index is 11.5. The Hall–Kier alpha value is -1.26. The number of halogens is 1. The van der Waals surface area contributed by atoms with Gasteiger partial charge in [0.1, 0.15) is 0 Å². The summed E-state index contributed by atoms with van der Waals surface area (Å²) in [4.78, 5) is 11.5. The van der Waals surface area contributed by atoms with E-state index < -0.39 is 5.97 Å². The summed E-state index contributed by atoms with van der Waals surface area (Å²) in [5.74, 6) is 0.200. The molecule has 4 nitrogen and oxygen atoms in total. The number of ether oxygens (including phenoxy) is 2. The first-order valence-electron chi connectivity index (χ1n) is 6.40. The van der Waals surface area contributed by atoms with Gasteiger partial charge in [0.05, 0.1) is 17.7 Å². The van der Waals surface area contributed by atoms with Crippen molar-refractivity contribution >= 4 is 23.3 Å². The monoisotopic (exact) mass is 283 g/mol. The lowest BCUT2D eigenvalue weighted by Gasteiger charge is -2.22. The number of esters is 1. The first-order valence-corrected chi connectivity index (χ1v) is 6.78. The molecule has 104 valence electrons. The zero-order chi connectivity index (χ0) is 13.7. The highest BCUT2D eigenvalue weighted by Gasteiger charge is 2.15.